The molecular weight excluding hydrogens is 282 g/mol. The molecule has 2 atom stereocenters. The first-order valence-corrected chi connectivity index (χ1v) is 7.52. The van der Waals surface area contributed by atoms with E-state index in [-0.39, 0.29) is 12.5 Å². The molecule has 0 aliphatic carbocycles. The van der Waals surface area contributed by atoms with Crippen LogP contribution in [0, 0.1) is 0 Å². The van der Waals surface area contributed by atoms with Crippen molar-refractivity contribution in [2.45, 2.75) is 32.4 Å². The molecule has 1 saturated heterocycles. The molecule has 0 bridgehead atoms. The van der Waals surface area contributed by atoms with E-state index in [9.17, 15) is 9.59 Å². The van der Waals surface area contributed by atoms with Crippen LogP contribution in [0.5, 0.6) is 5.75 Å². The SMILES string of the molecule is C[C@@H]1CN(C(=O)CCOc2cccc(C(N)=O)c2)C[C@H](C)N1. The highest BCUT2D eigenvalue weighted by molar-refractivity contribution is 5.93. The molecule has 1 aromatic rings. The topological polar surface area (TPSA) is 84.7 Å². The predicted molar refractivity (Wildman–Crippen MR) is 83.7 cm³/mol. The molecule has 1 aliphatic rings. The number of nitrogens with zero attached hydrogens (tertiary/aromatic N) is 1. The highest BCUT2D eigenvalue weighted by atomic mass is 16.5. The van der Waals surface area contributed by atoms with Gasteiger partial charge in [0, 0.05) is 30.7 Å². The third-order valence-corrected chi connectivity index (χ3v) is 3.61. The minimum atomic E-state index is -0.495. The summed E-state index contributed by atoms with van der Waals surface area (Å²) in [5.41, 5.74) is 5.62. The molecule has 22 heavy (non-hydrogen) atoms. The Morgan fingerprint density at radius 3 is 2.64 bits per heavy atom. The average molecular weight is 305 g/mol. The van der Waals surface area contributed by atoms with Crippen molar-refractivity contribution >= 4 is 11.8 Å². The molecule has 1 aliphatic heterocycles. The van der Waals surface area contributed by atoms with Gasteiger partial charge in [-0.25, -0.2) is 0 Å². The number of rotatable bonds is 5. The second kappa shape index (κ2) is 7.26. The van der Waals surface area contributed by atoms with Crippen LogP contribution in [-0.4, -0.2) is 48.5 Å². The summed E-state index contributed by atoms with van der Waals surface area (Å²) < 4.78 is 5.54. The smallest absolute Gasteiger partial charge is 0.248 e. The maximum atomic E-state index is 12.2. The minimum absolute atomic E-state index is 0.0891. The Balaban J connectivity index is 1.82. The quantitative estimate of drug-likeness (QED) is 0.841. The van der Waals surface area contributed by atoms with Gasteiger partial charge in [0.1, 0.15) is 5.75 Å². The van der Waals surface area contributed by atoms with Gasteiger partial charge in [-0.15, -0.1) is 0 Å². The van der Waals surface area contributed by atoms with Crippen molar-refractivity contribution in [2.24, 2.45) is 5.73 Å². The van der Waals surface area contributed by atoms with Gasteiger partial charge < -0.3 is 20.7 Å². The predicted octanol–water partition coefficient (Wildman–Crippen LogP) is 0.763. The molecule has 0 saturated carbocycles. The number of nitrogens with one attached hydrogen (secondary N) is 1. The van der Waals surface area contributed by atoms with Crippen LogP contribution in [-0.2, 0) is 4.79 Å². The fourth-order valence-corrected chi connectivity index (χ4v) is 2.68. The van der Waals surface area contributed by atoms with Crippen molar-refractivity contribution in [3.8, 4) is 5.75 Å². The Kier molecular flexibility index (Phi) is 5.38. The second-order valence-electron chi connectivity index (χ2n) is 5.76. The molecule has 0 unspecified atom stereocenters. The number of ether oxygens (including phenoxy) is 1. The molecule has 0 radical (unpaired) electrons. The van der Waals surface area contributed by atoms with Gasteiger partial charge >= 0.3 is 0 Å². The van der Waals surface area contributed by atoms with E-state index in [1.807, 2.05) is 4.90 Å². The summed E-state index contributed by atoms with van der Waals surface area (Å²) in [6, 6.07) is 7.27. The monoisotopic (exact) mass is 305 g/mol. The molecular formula is C16H23N3O3. The van der Waals surface area contributed by atoms with Crippen molar-refractivity contribution in [1.82, 2.24) is 10.2 Å². The van der Waals surface area contributed by atoms with E-state index >= 15 is 0 Å². The van der Waals surface area contributed by atoms with Gasteiger partial charge in [-0.1, -0.05) is 6.07 Å². The second-order valence-corrected chi connectivity index (χ2v) is 5.76. The van der Waals surface area contributed by atoms with Gasteiger partial charge in [0.15, 0.2) is 0 Å². The Hall–Kier alpha value is -2.08. The first-order valence-electron chi connectivity index (χ1n) is 7.52. The summed E-state index contributed by atoms with van der Waals surface area (Å²) >= 11 is 0. The highest BCUT2D eigenvalue weighted by Gasteiger charge is 2.24. The van der Waals surface area contributed by atoms with Crippen molar-refractivity contribution in [2.75, 3.05) is 19.7 Å². The maximum Gasteiger partial charge on any atom is 0.248 e. The van der Waals surface area contributed by atoms with Gasteiger partial charge in [0.2, 0.25) is 11.8 Å². The highest BCUT2D eigenvalue weighted by Crippen LogP contribution is 2.13. The van der Waals surface area contributed by atoms with Crippen molar-refractivity contribution in [3.05, 3.63) is 29.8 Å². The van der Waals surface area contributed by atoms with Crippen molar-refractivity contribution < 1.29 is 14.3 Å². The number of primary amides is 1. The molecule has 1 aromatic carbocycles. The van der Waals surface area contributed by atoms with Crippen LogP contribution < -0.4 is 15.8 Å². The van der Waals surface area contributed by atoms with E-state index in [1.54, 1.807) is 24.3 Å². The maximum absolute atomic E-state index is 12.2. The zero-order valence-corrected chi connectivity index (χ0v) is 13.0. The minimum Gasteiger partial charge on any atom is -0.493 e. The lowest BCUT2D eigenvalue weighted by Crippen LogP contribution is -2.56. The van der Waals surface area contributed by atoms with Gasteiger partial charge in [-0.3, -0.25) is 9.59 Å². The number of amides is 2. The summed E-state index contributed by atoms with van der Waals surface area (Å²) in [5.74, 6) is 0.141. The van der Waals surface area contributed by atoms with Crippen LogP contribution in [0.4, 0.5) is 0 Å². The first kappa shape index (κ1) is 16.3. The lowest BCUT2D eigenvalue weighted by atomic mass is 10.1. The lowest BCUT2D eigenvalue weighted by molar-refractivity contribution is -0.133. The van der Waals surface area contributed by atoms with Crippen LogP contribution in [0.3, 0.4) is 0 Å². The van der Waals surface area contributed by atoms with Crippen LogP contribution >= 0.6 is 0 Å². The number of hydrogen-bond acceptors (Lipinski definition) is 4. The molecule has 3 N–H and O–H groups in total. The Morgan fingerprint density at radius 1 is 1.32 bits per heavy atom. The van der Waals surface area contributed by atoms with E-state index in [0.29, 0.717) is 29.8 Å². The molecule has 6 nitrogen and oxygen atoms in total. The number of carbonyl (C=O) groups excluding carboxylic acids is 2. The van der Waals surface area contributed by atoms with Crippen LogP contribution in [0.15, 0.2) is 24.3 Å². The molecule has 1 fully saturated rings. The van der Waals surface area contributed by atoms with Crippen LogP contribution in [0.1, 0.15) is 30.6 Å². The third kappa shape index (κ3) is 4.46. The lowest BCUT2D eigenvalue weighted by Gasteiger charge is -2.36. The van der Waals surface area contributed by atoms with Crippen molar-refractivity contribution in [1.29, 1.82) is 0 Å². The summed E-state index contributed by atoms with van der Waals surface area (Å²) in [5, 5.41) is 3.39. The first-order chi connectivity index (χ1) is 10.5. The van der Waals surface area contributed by atoms with Crippen LogP contribution in [0.25, 0.3) is 0 Å². The standard InChI is InChI=1S/C16H23N3O3/c1-11-9-19(10-12(2)18-11)15(20)6-7-22-14-5-3-4-13(8-14)16(17)21/h3-5,8,11-12,18H,6-7,9-10H2,1-2H3,(H2,17,21)/t11-,12+. The number of benzene rings is 1. The summed E-state index contributed by atoms with van der Waals surface area (Å²) in [6.07, 6.45) is 0.320. The van der Waals surface area contributed by atoms with E-state index in [2.05, 4.69) is 19.2 Å². The van der Waals surface area contributed by atoms with Gasteiger partial charge in [0.05, 0.1) is 13.0 Å². The molecule has 120 valence electrons. The zero-order valence-electron chi connectivity index (χ0n) is 13.0. The third-order valence-electron chi connectivity index (χ3n) is 3.61. The number of carbonyl (C=O) groups is 2. The van der Waals surface area contributed by atoms with E-state index in [4.69, 9.17) is 10.5 Å². The van der Waals surface area contributed by atoms with Gasteiger partial charge in [-0.2, -0.15) is 0 Å². The summed E-state index contributed by atoms with van der Waals surface area (Å²) in [7, 11) is 0. The number of piperazine rings is 1. The van der Waals surface area contributed by atoms with E-state index < -0.39 is 5.91 Å². The van der Waals surface area contributed by atoms with E-state index in [1.165, 1.54) is 0 Å². The van der Waals surface area contributed by atoms with Crippen LogP contribution in [0.2, 0.25) is 0 Å². The molecule has 2 rings (SSSR count). The summed E-state index contributed by atoms with van der Waals surface area (Å²) in [6.45, 7) is 5.87. The Bertz CT molecular complexity index is 537. The number of hydrogen-bond donors (Lipinski definition) is 2. The molecule has 0 aromatic heterocycles. The van der Waals surface area contributed by atoms with Crippen molar-refractivity contribution in [3.63, 3.8) is 0 Å². The summed E-state index contributed by atoms with van der Waals surface area (Å²) in [4.78, 5) is 25.2. The van der Waals surface area contributed by atoms with Gasteiger partial charge in [-0.05, 0) is 32.0 Å². The molecule has 0 spiro atoms. The normalized spacial score (nSPS) is 21.5. The zero-order chi connectivity index (χ0) is 16.1. The molecule has 6 heteroatoms. The largest absolute Gasteiger partial charge is 0.493 e. The molecule has 2 amide bonds. The van der Waals surface area contributed by atoms with E-state index in [0.717, 1.165) is 13.1 Å². The van der Waals surface area contributed by atoms with Gasteiger partial charge in [0.25, 0.3) is 0 Å². The Morgan fingerprint density at radius 2 is 2.00 bits per heavy atom. The number of nitrogens with two attached hydrogens (primary N) is 1. The average Bonchev–Trinajstić information content (AvgIpc) is 2.46. The Labute approximate surface area is 130 Å². The fourth-order valence-electron chi connectivity index (χ4n) is 2.68. The molecule has 1 heterocycles. The fraction of sp³-hybridized carbons (Fsp3) is 0.500.